The SMILES string of the molecule is O=C(CCn1ccc(=O)[nH]c1=O)Nc1ccn2nccc2c1. The Kier molecular flexibility index (Phi) is 3.57. The molecule has 2 N–H and O–H groups in total. The molecule has 0 saturated heterocycles. The second-order valence-electron chi connectivity index (χ2n) is 4.72. The van der Waals surface area contributed by atoms with E-state index in [2.05, 4.69) is 15.4 Å². The average molecular weight is 299 g/mol. The van der Waals surface area contributed by atoms with Crippen molar-refractivity contribution in [2.24, 2.45) is 0 Å². The van der Waals surface area contributed by atoms with Gasteiger partial charge in [0.15, 0.2) is 0 Å². The molecule has 0 aliphatic carbocycles. The number of hydrogen-bond donors (Lipinski definition) is 2. The highest BCUT2D eigenvalue weighted by atomic mass is 16.2. The van der Waals surface area contributed by atoms with Crippen LogP contribution in [-0.2, 0) is 11.3 Å². The number of carbonyl (C=O) groups excluding carboxylic acids is 1. The minimum absolute atomic E-state index is 0.121. The molecule has 0 atom stereocenters. The van der Waals surface area contributed by atoms with E-state index in [-0.39, 0.29) is 18.9 Å². The van der Waals surface area contributed by atoms with Gasteiger partial charge < -0.3 is 9.88 Å². The van der Waals surface area contributed by atoms with Crippen LogP contribution in [0.25, 0.3) is 5.52 Å². The number of hydrogen-bond acceptors (Lipinski definition) is 4. The average Bonchev–Trinajstić information content (AvgIpc) is 2.94. The smallest absolute Gasteiger partial charge is 0.326 e. The molecule has 3 aromatic heterocycles. The number of fused-ring (bicyclic) bond motifs is 1. The van der Waals surface area contributed by atoms with Gasteiger partial charge in [0, 0.05) is 43.3 Å². The van der Waals surface area contributed by atoms with E-state index in [0.29, 0.717) is 5.69 Å². The van der Waals surface area contributed by atoms with Gasteiger partial charge in [0.1, 0.15) is 0 Å². The molecule has 0 radical (unpaired) electrons. The van der Waals surface area contributed by atoms with E-state index in [1.165, 1.54) is 16.8 Å². The second-order valence-corrected chi connectivity index (χ2v) is 4.72. The lowest BCUT2D eigenvalue weighted by Gasteiger charge is -2.07. The third-order valence-electron chi connectivity index (χ3n) is 3.16. The molecule has 0 fully saturated rings. The molecule has 0 aliphatic heterocycles. The van der Waals surface area contributed by atoms with E-state index in [1.54, 1.807) is 29.0 Å². The number of rotatable bonds is 4. The fourth-order valence-electron chi connectivity index (χ4n) is 2.07. The Balaban J connectivity index is 1.64. The van der Waals surface area contributed by atoms with Gasteiger partial charge in [-0.3, -0.25) is 14.6 Å². The summed E-state index contributed by atoms with van der Waals surface area (Å²) >= 11 is 0. The molecule has 0 saturated carbocycles. The molecule has 0 bridgehead atoms. The van der Waals surface area contributed by atoms with Crippen LogP contribution in [-0.4, -0.2) is 25.1 Å². The normalized spacial score (nSPS) is 10.7. The van der Waals surface area contributed by atoms with Crippen LogP contribution in [0.1, 0.15) is 6.42 Å². The number of H-pyrrole nitrogens is 1. The Hall–Kier alpha value is -3.16. The van der Waals surface area contributed by atoms with Gasteiger partial charge in [0.05, 0.1) is 5.52 Å². The molecular formula is C14H13N5O3. The Morgan fingerprint density at radius 1 is 1.23 bits per heavy atom. The van der Waals surface area contributed by atoms with Gasteiger partial charge in [-0.25, -0.2) is 9.31 Å². The molecule has 0 aromatic carbocycles. The minimum Gasteiger partial charge on any atom is -0.326 e. The maximum Gasteiger partial charge on any atom is 0.328 e. The van der Waals surface area contributed by atoms with Gasteiger partial charge in [-0.2, -0.15) is 5.10 Å². The summed E-state index contributed by atoms with van der Waals surface area (Å²) in [4.78, 5) is 36.5. The lowest BCUT2D eigenvalue weighted by Crippen LogP contribution is -2.29. The molecule has 0 aliphatic rings. The standard InChI is InChI=1S/C14H13N5O3/c20-12(3-6-18-7-4-13(21)17-14(18)22)16-10-2-8-19-11(9-10)1-5-15-19/h1-2,4-5,7-9H,3,6H2,(H,16,20)(H,17,21,22). The first-order valence-electron chi connectivity index (χ1n) is 6.65. The van der Waals surface area contributed by atoms with E-state index in [1.807, 2.05) is 6.07 Å². The maximum atomic E-state index is 11.9. The predicted molar refractivity (Wildman–Crippen MR) is 79.8 cm³/mol. The molecule has 22 heavy (non-hydrogen) atoms. The lowest BCUT2D eigenvalue weighted by atomic mass is 10.3. The first-order valence-corrected chi connectivity index (χ1v) is 6.65. The number of pyridine rings is 1. The summed E-state index contributed by atoms with van der Waals surface area (Å²) in [6.07, 6.45) is 4.91. The number of anilines is 1. The third kappa shape index (κ3) is 2.95. The Morgan fingerprint density at radius 2 is 2.09 bits per heavy atom. The van der Waals surface area contributed by atoms with Gasteiger partial charge in [-0.1, -0.05) is 0 Å². The zero-order valence-electron chi connectivity index (χ0n) is 11.5. The van der Waals surface area contributed by atoms with Crippen molar-refractivity contribution in [3.63, 3.8) is 0 Å². The van der Waals surface area contributed by atoms with Crippen molar-refractivity contribution in [1.82, 2.24) is 19.2 Å². The topological polar surface area (TPSA) is 101 Å². The van der Waals surface area contributed by atoms with Crippen LogP contribution in [0.15, 0.2) is 52.4 Å². The Bertz CT molecular complexity index is 937. The summed E-state index contributed by atoms with van der Waals surface area (Å²) in [5, 5.41) is 6.83. The van der Waals surface area contributed by atoms with E-state index in [0.717, 1.165) is 5.52 Å². The number of amides is 1. The summed E-state index contributed by atoms with van der Waals surface area (Å²) < 4.78 is 2.97. The van der Waals surface area contributed by atoms with Crippen LogP contribution < -0.4 is 16.6 Å². The highest BCUT2D eigenvalue weighted by Gasteiger charge is 2.05. The van der Waals surface area contributed by atoms with Crippen molar-refractivity contribution in [3.8, 4) is 0 Å². The maximum absolute atomic E-state index is 11.9. The van der Waals surface area contributed by atoms with E-state index in [4.69, 9.17) is 0 Å². The lowest BCUT2D eigenvalue weighted by molar-refractivity contribution is -0.116. The van der Waals surface area contributed by atoms with Crippen molar-refractivity contribution < 1.29 is 4.79 Å². The monoisotopic (exact) mass is 299 g/mol. The number of aryl methyl sites for hydroxylation is 1. The van der Waals surface area contributed by atoms with Gasteiger partial charge in [0.2, 0.25) is 5.91 Å². The minimum atomic E-state index is -0.527. The van der Waals surface area contributed by atoms with Crippen LogP contribution >= 0.6 is 0 Å². The molecule has 0 unspecified atom stereocenters. The summed E-state index contributed by atoms with van der Waals surface area (Å²) in [5.74, 6) is -0.220. The fourth-order valence-corrected chi connectivity index (χ4v) is 2.07. The summed E-state index contributed by atoms with van der Waals surface area (Å²) in [6.45, 7) is 0.191. The number of nitrogens with zero attached hydrogens (tertiary/aromatic N) is 3. The van der Waals surface area contributed by atoms with Crippen molar-refractivity contribution >= 4 is 17.1 Å². The number of carbonyl (C=O) groups is 1. The first kappa shape index (κ1) is 13.8. The number of aromatic amines is 1. The highest BCUT2D eigenvalue weighted by molar-refractivity contribution is 5.91. The molecule has 112 valence electrons. The number of nitrogens with one attached hydrogen (secondary N) is 2. The molecule has 8 heteroatoms. The Labute approximate surface area is 124 Å². The molecule has 0 spiro atoms. The van der Waals surface area contributed by atoms with Crippen molar-refractivity contribution in [1.29, 1.82) is 0 Å². The van der Waals surface area contributed by atoms with E-state index in [9.17, 15) is 14.4 Å². The van der Waals surface area contributed by atoms with Crippen molar-refractivity contribution in [3.05, 3.63) is 63.7 Å². The van der Waals surface area contributed by atoms with Crippen LogP contribution in [0, 0.1) is 0 Å². The van der Waals surface area contributed by atoms with Gasteiger partial charge in [-0.05, 0) is 18.2 Å². The Morgan fingerprint density at radius 3 is 2.91 bits per heavy atom. The first-order chi connectivity index (χ1) is 10.6. The van der Waals surface area contributed by atoms with Crippen LogP contribution in [0.3, 0.4) is 0 Å². The van der Waals surface area contributed by atoms with Crippen molar-refractivity contribution in [2.45, 2.75) is 13.0 Å². The van der Waals surface area contributed by atoms with Gasteiger partial charge in [-0.15, -0.1) is 0 Å². The zero-order valence-corrected chi connectivity index (χ0v) is 11.5. The molecule has 3 rings (SSSR count). The molecule has 8 nitrogen and oxygen atoms in total. The van der Waals surface area contributed by atoms with Gasteiger partial charge >= 0.3 is 5.69 Å². The quantitative estimate of drug-likeness (QED) is 0.719. The molecular weight excluding hydrogens is 286 g/mol. The largest absolute Gasteiger partial charge is 0.328 e. The highest BCUT2D eigenvalue weighted by Crippen LogP contribution is 2.11. The zero-order chi connectivity index (χ0) is 15.5. The second kappa shape index (κ2) is 5.68. The fraction of sp³-hybridized carbons (Fsp3) is 0.143. The number of aromatic nitrogens is 4. The molecule has 3 aromatic rings. The van der Waals surface area contributed by atoms with E-state index < -0.39 is 11.2 Å². The summed E-state index contributed by atoms with van der Waals surface area (Å²) in [5.41, 5.74) is 0.544. The van der Waals surface area contributed by atoms with Crippen LogP contribution in [0.2, 0.25) is 0 Å². The van der Waals surface area contributed by atoms with E-state index >= 15 is 0 Å². The predicted octanol–water partition coefficient (Wildman–Crippen LogP) is 0.213. The summed E-state index contributed by atoms with van der Waals surface area (Å²) in [7, 11) is 0. The summed E-state index contributed by atoms with van der Waals surface area (Å²) in [6, 6.07) is 6.61. The van der Waals surface area contributed by atoms with Crippen molar-refractivity contribution in [2.75, 3.05) is 5.32 Å². The molecule has 3 heterocycles. The third-order valence-corrected chi connectivity index (χ3v) is 3.16. The van der Waals surface area contributed by atoms with Crippen LogP contribution in [0.5, 0.6) is 0 Å². The van der Waals surface area contributed by atoms with Crippen LogP contribution in [0.4, 0.5) is 5.69 Å². The molecule has 1 amide bonds. The van der Waals surface area contributed by atoms with Gasteiger partial charge in [0.25, 0.3) is 5.56 Å².